The summed E-state index contributed by atoms with van der Waals surface area (Å²) in [6, 6.07) is -1.06. The molecule has 0 heterocycles. The Kier molecular flexibility index (Phi) is 9.84. The highest BCUT2D eigenvalue weighted by atomic mass is 32.2. The Bertz CT molecular complexity index is 182. The van der Waals surface area contributed by atoms with E-state index >= 15 is 0 Å². The van der Waals surface area contributed by atoms with Gasteiger partial charge >= 0.3 is 11.9 Å². The highest BCUT2D eigenvalue weighted by Gasteiger charge is 2.12. The number of aliphatic carboxylic acids is 2. The van der Waals surface area contributed by atoms with Crippen molar-refractivity contribution in [2.24, 2.45) is 5.73 Å². The summed E-state index contributed by atoms with van der Waals surface area (Å²) in [5, 5.41) is 16.3. The summed E-state index contributed by atoms with van der Waals surface area (Å²) in [5.74, 6) is -2.20. The zero-order valence-corrected chi connectivity index (χ0v) is 8.91. The molecular weight excluding hydrogens is 210 g/mol. The maximum absolute atomic E-state index is 9.99. The molecule has 7 heteroatoms. The van der Waals surface area contributed by atoms with Crippen LogP contribution in [0, 0.1) is 0 Å². The number of nitrogens with two attached hydrogens (primary N) is 1. The first-order valence-electron chi connectivity index (χ1n) is 3.72. The molecule has 0 radical (unpaired) electrons. The Balaban J connectivity index is 0. The first kappa shape index (κ1) is 15.7. The van der Waals surface area contributed by atoms with Gasteiger partial charge in [-0.2, -0.15) is 0 Å². The quantitative estimate of drug-likeness (QED) is 0.541. The van der Waals surface area contributed by atoms with Crippen LogP contribution in [0.1, 0.15) is 12.8 Å². The second kappa shape index (κ2) is 8.79. The van der Waals surface area contributed by atoms with Crippen molar-refractivity contribution < 1.29 is 24.4 Å². The van der Waals surface area contributed by atoms with Crippen LogP contribution >= 0.6 is 0 Å². The van der Waals surface area contributed by atoms with Crippen LogP contribution in [0.2, 0.25) is 0 Å². The molecule has 0 aliphatic rings. The predicted octanol–water partition coefficient (Wildman–Crippen LogP) is -0.742. The van der Waals surface area contributed by atoms with Crippen LogP contribution in [0.15, 0.2) is 0 Å². The molecule has 0 aliphatic carbocycles. The van der Waals surface area contributed by atoms with Gasteiger partial charge in [-0.1, -0.05) is 11.2 Å². The highest BCUT2D eigenvalue weighted by molar-refractivity contribution is 7.89. The molecule has 4 N–H and O–H groups in total. The van der Waals surface area contributed by atoms with Crippen LogP contribution in [0.3, 0.4) is 0 Å². The fourth-order valence-corrected chi connectivity index (χ4v) is 0.402. The average Bonchev–Trinajstić information content (AvgIpc) is 1.98. The Hall–Kier alpha value is -0.790. The molecule has 0 aromatic rings. The minimum absolute atomic E-state index is 0.0231. The van der Waals surface area contributed by atoms with Crippen LogP contribution in [-0.2, 0) is 20.8 Å². The van der Waals surface area contributed by atoms with Gasteiger partial charge < -0.3 is 20.5 Å². The lowest BCUT2D eigenvalue weighted by Gasteiger charge is -2.01. The van der Waals surface area contributed by atoms with Crippen LogP contribution in [0.5, 0.6) is 0 Å². The van der Waals surface area contributed by atoms with Gasteiger partial charge in [0.05, 0.1) is 12.5 Å². The molecule has 0 aliphatic heterocycles. The van der Waals surface area contributed by atoms with Gasteiger partial charge in [-0.25, -0.2) is 0 Å². The summed E-state index contributed by atoms with van der Waals surface area (Å²) in [6.07, 6.45) is 3.05. The van der Waals surface area contributed by atoms with E-state index in [0.717, 1.165) is 0 Å². The molecule has 0 amide bonds. The van der Waals surface area contributed by atoms with E-state index in [0.29, 0.717) is 0 Å². The minimum Gasteiger partial charge on any atom is -0.617 e. The van der Waals surface area contributed by atoms with E-state index in [9.17, 15) is 14.1 Å². The van der Waals surface area contributed by atoms with E-state index in [-0.39, 0.29) is 12.8 Å². The average molecular weight is 225 g/mol. The summed E-state index contributed by atoms with van der Waals surface area (Å²) >= 11 is -0.611. The van der Waals surface area contributed by atoms with Crippen LogP contribution in [0.25, 0.3) is 0 Å². The fraction of sp³-hybridized carbons (Fsp3) is 0.714. The maximum Gasteiger partial charge on any atom is 0.320 e. The van der Waals surface area contributed by atoms with Crippen LogP contribution in [-0.4, -0.2) is 45.3 Å². The van der Waals surface area contributed by atoms with Gasteiger partial charge in [0, 0.05) is 6.42 Å². The lowest BCUT2D eigenvalue weighted by molar-refractivity contribution is -0.139. The molecule has 0 bridgehead atoms. The molecule has 0 rings (SSSR count). The SMILES string of the molecule is C[S+](C)[O-].NC(CCC(=O)O)C(=O)O. The van der Waals surface area contributed by atoms with Crippen LogP contribution < -0.4 is 5.73 Å². The topological polar surface area (TPSA) is 124 Å². The van der Waals surface area contributed by atoms with Gasteiger partial charge in [0.1, 0.15) is 6.04 Å². The monoisotopic (exact) mass is 225 g/mol. The van der Waals surface area contributed by atoms with Crippen molar-refractivity contribution in [2.45, 2.75) is 18.9 Å². The number of carboxylic acid groups (broad SMARTS) is 2. The first-order valence-corrected chi connectivity index (χ1v) is 5.69. The number of rotatable bonds is 4. The van der Waals surface area contributed by atoms with E-state index in [1.807, 2.05) is 0 Å². The summed E-state index contributed by atoms with van der Waals surface area (Å²) < 4.78 is 9.56. The second-order valence-corrected chi connectivity index (χ2v) is 4.10. The maximum atomic E-state index is 9.99. The van der Waals surface area contributed by atoms with Crippen molar-refractivity contribution in [1.82, 2.24) is 0 Å². The van der Waals surface area contributed by atoms with Gasteiger partial charge in [0.2, 0.25) is 0 Å². The zero-order valence-electron chi connectivity index (χ0n) is 8.10. The zero-order chi connectivity index (χ0) is 11.7. The van der Waals surface area contributed by atoms with Gasteiger partial charge in [0.15, 0.2) is 0 Å². The third kappa shape index (κ3) is 17.3. The normalized spacial score (nSPS) is 11.5. The van der Waals surface area contributed by atoms with Gasteiger partial charge in [-0.15, -0.1) is 0 Å². The molecule has 1 unspecified atom stereocenters. The number of hydrogen-bond acceptors (Lipinski definition) is 4. The molecule has 0 aromatic heterocycles. The second-order valence-electron chi connectivity index (χ2n) is 2.62. The lowest BCUT2D eigenvalue weighted by Crippen LogP contribution is -2.30. The third-order valence-corrected chi connectivity index (χ3v) is 0.986. The summed E-state index contributed by atoms with van der Waals surface area (Å²) in [7, 11) is 0. The van der Waals surface area contributed by atoms with Crippen molar-refractivity contribution in [1.29, 1.82) is 0 Å². The van der Waals surface area contributed by atoms with Gasteiger partial charge in [-0.3, -0.25) is 9.59 Å². The molecule has 14 heavy (non-hydrogen) atoms. The van der Waals surface area contributed by atoms with Gasteiger partial charge in [0.25, 0.3) is 0 Å². The molecule has 0 saturated carbocycles. The fourth-order valence-electron chi connectivity index (χ4n) is 0.402. The van der Waals surface area contributed by atoms with Crippen molar-refractivity contribution in [3.8, 4) is 0 Å². The minimum atomic E-state index is -1.17. The van der Waals surface area contributed by atoms with E-state index < -0.39 is 29.2 Å². The Morgan fingerprint density at radius 3 is 2.00 bits per heavy atom. The highest BCUT2D eigenvalue weighted by Crippen LogP contribution is 1.93. The molecule has 0 spiro atoms. The Labute approximate surface area is 85.3 Å². The van der Waals surface area contributed by atoms with E-state index in [4.69, 9.17) is 15.9 Å². The molecule has 6 nitrogen and oxygen atoms in total. The predicted molar refractivity (Wildman–Crippen MR) is 52.5 cm³/mol. The van der Waals surface area contributed by atoms with Crippen molar-refractivity contribution >= 4 is 23.1 Å². The number of hydrogen-bond donors (Lipinski definition) is 3. The molecule has 0 fully saturated rings. The summed E-state index contributed by atoms with van der Waals surface area (Å²) in [6.45, 7) is 0. The standard InChI is InChI=1S/C5H9NO4.C2H6OS/c6-3(5(9)10)1-2-4(7)8;1-4(2)3/h3H,1-2,6H2,(H,7,8)(H,9,10);1-2H3. The van der Waals surface area contributed by atoms with Crippen molar-refractivity contribution in [2.75, 3.05) is 12.5 Å². The molecular formula is C7H15NO5S. The largest absolute Gasteiger partial charge is 0.617 e. The van der Waals surface area contributed by atoms with Gasteiger partial charge in [-0.05, 0) is 6.42 Å². The first-order chi connectivity index (χ1) is 6.27. The van der Waals surface area contributed by atoms with Crippen molar-refractivity contribution in [3.05, 3.63) is 0 Å². The third-order valence-electron chi connectivity index (χ3n) is 0.986. The smallest absolute Gasteiger partial charge is 0.320 e. The van der Waals surface area contributed by atoms with E-state index in [1.165, 1.54) is 0 Å². The molecule has 1 atom stereocenters. The number of carbonyl (C=O) groups is 2. The Morgan fingerprint density at radius 1 is 1.43 bits per heavy atom. The molecule has 0 saturated heterocycles. The lowest BCUT2D eigenvalue weighted by atomic mass is 10.2. The molecule has 0 aromatic carbocycles. The van der Waals surface area contributed by atoms with E-state index in [1.54, 1.807) is 12.5 Å². The van der Waals surface area contributed by atoms with Crippen LogP contribution in [0.4, 0.5) is 0 Å². The van der Waals surface area contributed by atoms with E-state index in [2.05, 4.69) is 0 Å². The van der Waals surface area contributed by atoms with Crippen molar-refractivity contribution in [3.63, 3.8) is 0 Å². The summed E-state index contributed by atoms with van der Waals surface area (Å²) in [5.41, 5.74) is 5.00. The number of carboxylic acids is 2. The molecule has 84 valence electrons. The Morgan fingerprint density at radius 2 is 1.79 bits per heavy atom. The summed E-state index contributed by atoms with van der Waals surface area (Å²) in [4.78, 5) is 19.9.